The third-order valence-electron chi connectivity index (χ3n) is 8.02. The van der Waals surface area contributed by atoms with Gasteiger partial charge in [0, 0.05) is 30.6 Å². The summed E-state index contributed by atoms with van der Waals surface area (Å²) >= 11 is 1.43. The number of hydrogen-bond donors (Lipinski definition) is 2. The largest absolute Gasteiger partial charge is 0.387 e. The monoisotopic (exact) mass is 611 g/mol. The molecular weight excluding hydrogens is 577 g/mol. The molecule has 2 aromatic heterocycles. The molecule has 2 aliphatic rings. The van der Waals surface area contributed by atoms with E-state index in [4.69, 9.17) is 4.98 Å². The molecule has 1 unspecified atom stereocenters. The average molecular weight is 612 g/mol. The number of nitriles is 1. The molecule has 222 valence electrons. The minimum Gasteiger partial charge on any atom is -0.387 e. The highest BCUT2D eigenvalue weighted by Crippen LogP contribution is 2.46. The van der Waals surface area contributed by atoms with Crippen LogP contribution in [0.5, 0.6) is 0 Å². The van der Waals surface area contributed by atoms with Crippen LogP contribution in [-0.4, -0.2) is 65.6 Å². The van der Waals surface area contributed by atoms with E-state index in [0.29, 0.717) is 30.2 Å². The van der Waals surface area contributed by atoms with Gasteiger partial charge in [0.2, 0.25) is 5.91 Å². The number of carbonyl (C=O) groups is 1. The molecule has 1 aliphatic heterocycles. The number of thiazole rings is 1. The van der Waals surface area contributed by atoms with Gasteiger partial charge in [-0.3, -0.25) is 9.78 Å². The lowest BCUT2D eigenvalue weighted by Gasteiger charge is -2.32. The Balaban J connectivity index is 1.50. The summed E-state index contributed by atoms with van der Waals surface area (Å²) in [5.74, 6) is -1.14. The first-order valence-electron chi connectivity index (χ1n) is 14.1. The Kier molecular flexibility index (Phi) is 8.64. The van der Waals surface area contributed by atoms with Crippen LogP contribution in [0, 0.1) is 23.1 Å². The summed E-state index contributed by atoms with van der Waals surface area (Å²) in [6.07, 6.45) is 4.28. The van der Waals surface area contributed by atoms with Crippen LogP contribution in [0.4, 0.5) is 10.1 Å². The van der Waals surface area contributed by atoms with Crippen molar-refractivity contribution in [1.82, 2.24) is 15.3 Å². The predicted molar refractivity (Wildman–Crippen MR) is 160 cm³/mol. The number of halogens is 1. The van der Waals surface area contributed by atoms with Crippen LogP contribution < -0.4 is 10.2 Å². The molecule has 0 radical (unpaired) electrons. The standard InChI is InChI=1S/C30H34FN5O4S2/c1-30(2,38)25(17-32)34-28(37)23-6-4-3-5-22(23)26-27(41-29(35-26)24-12-9-20(31)18-33-24)19-7-10-21(11-8-19)36-13-15-42(39,40)16-14-36/h7-12,18,22-23,25,38H,3-6,13-16H2,1-2H3,(H,34,37)/t22-,23-,25?/m1/s1. The van der Waals surface area contributed by atoms with Crippen molar-refractivity contribution in [2.24, 2.45) is 5.92 Å². The van der Waals surface area contributed by atoms with Gasteiger partial charge in [-0.25, -0.2) is 17.8 Å². The fourth-order valence-electron chi connectivity index (χ4n) is 5.58. The topological polar surface area (TPSA) is 136 Å². The molecule has 5 rings (SSSR count). The fourth-order valence-corrected chi connectivity index (χ4v) is 7.90. The highest BCUT2D eigenvalue weighted by Gasteiger charge is 2.38. The average Bonchev–Trinajstić information content (AvgIpc) is 3.41. The van der Waals surface area contributed by atoms with E-state index in [1.807, 2.05) is 30.3 Å². The molecule has 3 aromatic rings. The maximum absolute atomic E-state index is 13.6. The molecule has 1 amide bonds. The predicted octanol–water partition coefficient (Wildman–Crippen LogP) is 4.30. The van der Waals surface area contributed by atoms with Gasteiger partial charge in [0.25, 0.3) is 0 Å². The van der Waals surface area contributed by atoms with E-state index in [9.17, 15) is 28.0 Å². The number of pyridine rings is 1. The minimum atomic E-state index is -2.99. The van der Waals surface area contributed by atoms with E-state index in [1.165, 1.54) is 31.3 Å². The highest BCUT2D eigenvalue weighted by atomic mass is 32.2. The molecule has 42 heavy (non-hydrogen) atoms. The number of rotatable bonds is 7. The van der Waals surface area contributed by atoms with Crippen LogP contribution in [0.1, 0.15) is 51.1 Å². The summed E-state index contributed by atoms with van der Waals surface area (Å²) in [6, 6.07) is 11.8. The zero-order valence-corrected chi connectivity index (χ0v) is 25.2. The number of hydrogen-bond acceptors (Lipinski definition) is 9. The van der Waals surface area contributed by atoms with Gasteiger partial charge in [0.1, 0.15) is 16.9 Å². The normalized spacial score (nSPS) is 21.4. The maximum atomic E-state index is 13.6. The summed E-state index contributed by atoms with van der Waals surface area (Å²) < 4.78 is 37.4. The number of sulfone groups is 1. The Bertz CT molecular complexity index is 1560. The van der Waals surface area contributed by atoms with E-state index in [0.717, 1.165) is 47.3 Å². The van der Waals surface area contributed by atoms with E-state index < -0.39 is 33.2 Å². The first-order valence-corrected chi connectivity index (χ1v) is 16.7. The van der Waals surface area contributed by atoms with Gasteiger partial charge in [-0.15, -0.1) is 11.3 Å². The fraction of sp³-hybridized carbons (Fsp3) is 0.467. The first-order chi connectivity index (χ1) is 19.9. The molecule has 0 spiro atoms. The van der Waals surface area contributed by atoms with Gasteiger partial charge in [-0.1, -0.05) is 25.0 Å². The zero-order valence-electron chi connectivity index (χ0n) is 23.6. The van der Waals surface area contributed by atoms with Crippen LogP contribution in [0.15, 0.2) is 42.6 Å². The highest BCUT2D eigenvalue weighted by molar-refractivity contribution is 7.91. The molecular formula is C30H34FN5O4S2. The molecule has 1 saturated carbocycles. The second kappa shape index (κ2) is 12.1. The third kappa shape index (κ3) is 6.64. The Morgan fingerprint density at radius 1 is 1.17 bits per heavy atom. The van der Waals surface area contributed by atoms with Gasteiger partial charge in [0.15, 0.2) is 9.84 Å². The summed E-state index contributed by atoms with van der Waals surface area (Å²) in [4.78, 5) is 25.7. The van der Waals surface area contributed by atoms with Gasteiger partial charge in [-0.2, -0.15) is 5.26 Å². The smallest absolute Gasteiger partial charge is 0.224 e. The van der Waals surface area contributed by atoms with Gasteiger partial charge in [0.05, 0.1) is 45.6 Å². The van der Waals surface area contributed by atoms with Crippen LogP contribution in [-0.2, 0) is 14.6 Å². The molecule has 9 nitrogen and oxygen atoms in total. The van der Waals surface area contributed by atoms with E-state index in [2.05, 4.69) is 15.2 Å². The molecule has 1 aliphatic carbocycles. The first kappa shape index (κ1) is 30.1. The molecule has 12 heteroatoms. The minimum absolute atomic E-state index is 0.132. The van der Waals surface area contributed by atoms with Crippen molar-refractivity contribution in [2.45, 2.75) is 57.1 Å². The Morgan fingerprint density at radius 2 is 1.86 bits per heavy atom. The van der Waals surface area contributed by atoms with Gasteiger partial charge < -0.3 is 15.3 Å². The number of carbonyl (C=O) groups excluding carboxylic acids is 1. The summed E-state index contributed by atoms with van der Waals surface area (Å²) in [6.45, 7) is 3.88. The summed E-state index contributed by atoms with van der Waals surface area (Å²) in [5.41, 5.74) is 1.73. The molecule has 0 bridgehead atoms. The van der Waals surface area contributed by atoms with Crippen molar-refractivity contribution in [2.75, 3.05) is 29.5 Å². The van der Waals surface area contributed by atoms with Crippen molar-refractivity contribution in [1.29, 1.82) is 5.26 Å². The van der Waals surface area contributed by atoms with E-state index in [1.54, 1.807) is 6.07 Å². The van der Waals surface area contributed by atoms with Crippen molar-refractivity contribution in [3.8, 4) is 27.2 Å². The van der Waals surface area contributed by atoms with Crippen molar-refractivity contribution in [3.63, 3.8) is 0 Å². The van der Waals surface area contributed by atoms with Crippen molar-refractivity contribution >= 4 is 32.8 Å². The van der Waals surface area contributed by atoms with Crippen LogP contribution in [0.3, 0.4) is 0 Å². The lowest BCUT2D eigenvalue weighted by molar-refractivity contribution is -0.128. The lowest BCUT2D eigenvalue weighted by atomic mass is 9.76. The molecule has 3 heterocycles. The third-order valence-corrected chi connectivity index (χ3v) is 10.8. The second-order valence-electron chi connectivity index (χ2n) is 11.5. The van der Waals surface area contributed by atoms with Crippen LogP contribution in [0.25, 0.3) is 21.1 Å². The number of aliphatic hydroxyl groups is 1. The van der Waals surface area contributed by atoms with Crippen LogP contribution in [0.2, 0.25) is 0 Å². The quantitative estimate of drug-likeness (QED) is 0.404. The van der Waals surface area contributed by atoms with Crippen molar-refractivity contribution in [3.05, 3.63) is 54.1 Å². The van der Waals surface area contributed by atoms with E-state index in [-0.39, 0.29) is 23.3 Å². The lowest BCUT2D eigenvalue weighted by Crippen LogP contribution is -2.51. The summed E-state index contributed by atoms with van der Waals surface area (Å²) in [5, 5.41) is 23.3. The van der Waals surface area contributed by atoms with Gasteiger partial charge in [-0.05, 0) is 56.5 Å². The maximum Gasteiger partial charge on any atom is 0.224 e. The number of amides is 1. The Morgan fingerprint density at radius 3 is 2.48 bits per heavy atom. The number of aromatic nitrogens is 2. The molecule has 1 saturated heterocycles. The molecule has 2 fully saturated rings. The number of benzene rings is 1. The molecule has 2 N–H and O–H groups in total. The number of nitrogens with zero attached hydrogens (tertiary/aromatic N) is 4. The molecule has 3 atom stereocenters. The van der Waals surface area contributed by atoms with Gasteiger partial charge >= 0.3 is 0 Å². The zero-order chi connectivity index (χ0) is 30.1. The molecule has 1 aromatic carbocycles. The van der Waals surface area contributed by atoms with Crippen LogP contribution >= 0.6 is 11.3 Å². The summed E-state index contributed by atoms with van der Waals surface area (Å²) in [7, 11) is -2.99. The number of nitrogens with one attached hydrogen (secondary N) is 1. The Hall–Kier alpha value is -3.40. The SMILES string of the molecule is CC(C)(O)C(C#N)NC(=O)[C@@H]1CCCC[C@H]1c1nc(-c2ccc(F)cn2)sc1-c1ccc(N2CCS(=O)(=O)CC2)cc1. The second-order valence-corrected chi connectivity index (χ2v) is 14.8. The van der Waals surface area contributed by atoms with Crippen molar-refractivity contribution < 1.29 is 22.7 Å². The van der Waals surface area contributed by atoms with E-state index >= 15 is 0 Å². The Labute approximate surface area is 249 Å². The number of anilines is 1.